The second kappa shape index (κ2) is 6.23. The molecule has 0 spiro atoms. The van der Waals surface area contributed by atoms with Gasteiger partial charge in [-0.05, 0) is 43.0 Å². The van der Waals surface area contributed by atoms with Gasteiger partial charge in [0.15, 0.2) is 5.58 Å². The lowest BCUT2D eigenvalue weighted by Crippen LogP contribution is -2.39. The molecule has 1 atom stereocenters. The highest BCUT2D eigenvalue weighted by Crippen LogP contribution is 2.19. The van der Waals surface area contributed by atoms with Gasteiger partial charge in [-0.1, -0.05) is 6.07 Å². The summed E-state index contributed by atoms with van der Waals surface area (Å²) in [5.41, 5.74) is 4.66. The van der Waals surface area contributed by atoms with Crippen molar-refractivity contribution < 1.29 is 9.21 Å². The van der Waals surface area contributed by atoms with Crippen molar-refractivity contribution in [3.8, 4) is 0 Å². The molecule has 130 valence electrons. The van der Waals surface area contributed by atoms with Crippen LogP contribution in [0.4, 0.5) is 0 Å². The number of oxazole rings is 1. The summed E-state index contributed by atoms with van der Waals surface area (Å²) in [6.45, 7) is 2.27. The maximum atomic E-state index is 12.3. The molecule has 1 aliphatic carbocycles. The van der Waals surface area contributed by atoms with Crippen LogP contribution in [0.1, 0.15) is 29.7 Å². The van der Waals surface area contributed by atoms with E-state index in [0.717, 1.165) is 36.0 Å². The van der Waals surface area contributed by atoms with Crippen molar-refractivity contribution in [1.82, 2.24) is 20.1 Å². The summed E-state index contributed by atoms with van der Waals surface area (Å²) >= 11 is 0. The van der Waals surface area contributed by atoms with Crippen molar-refractivity contribution in [2.24, 2.45) is 0 Å². The third-order valence-electron chi connectivity index (χ3n) is 4.77. The van der Waals surface area contributed by atoms with Crippen LogP contribution in [-0.4, -0.2) is 26.7 Å². The van der Waals surface area contributed by atoms with Gasteiger partial charge < -0.3 is 9.73 Å². The van der Waals surface area contributed by atoms with Gasteiger partial charge >= 0.3 is 5.76 Å². The fraction of sp³-hybridized carbons (Fsp3) is 0.389. The summed E-state index contributed by atoms with van der Waals surface area (Å²) in [5, 5.41) is 10.1. The maximum absolute atomic E-state index is 12.3. The first kappa shape index (κ1) is 15.7. The van der Waals surface area contributed by atoms with Crippen LogP contribution in [0, 0.1) is 6.92 Å². The van der Waals surface area contributed by atoms with E-state index in [1.165, 1.54) is 10.1 Å². The molecule has 3 aromatic rings. The van der Waals surface area contributed by atoms with Crippen LogP contribution in [0.25, 0.3) is 11.1 Å². The van der Waals surface area contributed by atoms with Crippen LogP contribution >= 0.6 is 0 Å². The van der Waals surface area contributed by atoms with Crippen molar-refractivity contribution in [1.29, 1.82) is 0 Å². The monoisotopic (exact) mass is 340 g/mol. The number of carbonyl (C=O) groups is 1. The largest absolute Gasteiger partial charge is 0.419 e. The molecule has 0 bridgehead atoms. The van der Waals surface area contributed by atoms with E-state index >= 15 is 0 Å². The Kier molecular flexibility index (Phi) is 3.91. The number of benzene rings is 1. The second-order valence-corrected chi connectivity index (χ2v) is 6.62. The smallest absolute Gasteiger partial charge is 0.408 e. The Morgan fingerprint density at radius 2 is 2.36 bits per heavy atom. The van der Waals surface area contributed by atoms with Crippen LogP contribution in [0.15, 0.2) is 33.6 Å². The number of H-pyrrole nitrogens is 1. The summed E-state index contributed by atoms with van der Waals surface area (Å²) in [6.07, 6.45) is 4.70. The Morgan fingerprint density at radius 3 is 3.24 bits per heavy atom. The zero-order valence-electron chi connectivity index (χ0n) is 14.0. The van der Waals surface area contributed by atoms with E-state index in [1.807, 2.05) is 25.3 Å². The number of aromatic amines is 1. The predicted octanol–water partition coefficient (Wildman–Crippen LogP) is 1.69. The van der Waals surface area contributed by atoms with Gasteiger partial charge in [-0.15, -0.1) is 0 Å². The van der Waals surface area contributed by atoms with Crippen LogP contribution in [0.5, 0.6) is 0 Å². The van der Waals surface area contributed by atoms with Gasteiger partial charge in [-0.2, -0.15) is 5.10 Å². The Labute approximate surface area is 144 Å². The first-order valence-corrected chi connectivity index (χ1v) is 8.50. The fourth-order valence-electron chi connectivity index (χ4n) is 3.43. The Balaban J connectivity index is 1.40. The molecule has 25 heavy (non-hydrogen) atoms. The minimum Gasteiger partial charge on any atom is -0.408 e. The molecule has 1 aliphatic rings. The van der Waals surface area contributed by atoms with Crippen LogP contribution in [0.2, 0.25) is 0 Å². The molecule has 2 N–H and O–H groups in total. The van der Waals surface area contributed by atoms with E-state index < -0.39 is 5.76 Å². The molecule has 0 saturated heterocycles. The maximum Gasteiger partial charge on any atom is 0.419 e. The molecule has 0 saturated carbocycles. The van der Waals surface area contributed by atoms with Crippen molar-refractivity contribution in [2.75, 3.05) is 0 Å². The lowest BCUT2D eigenvalue weighted by Gasteiger charge is -2.22. The molecule has 0 radical (unpaired) electrons. The standard InChI is InChI=1S/C18H20N4O3/c1-11-2-5-16-15(8-11)22(18(24)25-16)7-6-17(23)20-13-4-3-12-10-19-21-14(12)9-13/h2,5,8,10,13H,3-4,6-7,9H2,1H3,(H,19,21)(H,20,23)/t13-/m1/s1. The van der Waals surface area contributed by atoms with Crippen molar-refractivity contribution in [2.45, 2.75) is 45.2 Å². The lowest BCUT2D eigenvalue weighted by atomic mass is 9.94. The van der Waals surface area contributed by atoms with Crippen molar-refractivity contribution in [3.63, 3.8) is 0 Å². The summed E-state index contributed by atoms with van der Waals surface area (Å²) in [5.74, 6) is -0.477. The van der Waals surface area contributed by atoms with Gasteiger partial charge in [0.2, 0.25) is 5.91 Å². The highest BCUT2D eigenvalue weighted by Gasteiger charge is 2.21. The molecule has 4 rings (SSSR count). The van der Waals surface area contributed by atoms with E-state index in [4.69, 9.17) is 4.42 Å². The molecule has 2 heterocycles. The molecule has 0 unspecified atom stereocenters. The van der Waals surface area contributed by atoms with Gasteiger partial charge in [-0.3, -0.25) is 14.5 Å². The molecule has 7 nitrogen and oxygen atoms in total. The van der Waals surface area contributed by atoms with Crippen LogP contribution < -0.4 is 11.1 Å². The van der Waals surface area contributed by atoms with Crippen molar-refractivity contribution in [3.05, 3.63) is 51.8 Å². The average Bonchev–Trinajstić information content (AvgIpc) is 3.16. The Bertz CT molecular complexity index is 982. The molecule has 0 aliphatic heterocycles. The molecule has 1 amide bonds. The Morgan fingerprint density at radius 1 is 1.48 bits per heavy atom. The fourth-order valence-corrected chi connectivity index (χ4v) is 3.43. The van der Waals surface area contributed by atoms with E-state index in [-0.39, 0.29) is 18.4 Å². The molecule has 2 aromatic heterocycles. The quantitative estimate of drug-likeness (QED) is 0.756. The lowest BCUT2D eigenvalue weighted by molar-refractivity contribution is -0.122. The minimum absolute atomic E-state index is 0.0538. The molecule has 7 heteroatoms. The van der Waals surface area contributed by atoms with Crippen LogP contribution in [-0.2, 0) is 24.2 Å². The number of amides is 1. The number of nitrogens with zero attached hydrogens (tertiary/aromatic N) is 2. The first-order valence-electron chi connectivity index (χ1n) is 8.50. The number of carbonyl (C=O) groups excluding carboxylic acids is 1. The third kappa shape index (κ3) is 3.09. The number of hydrogen-bond donors (Lipinski definition) is 2. The van der Waals surface area contributed by atoms with Gasteiger partial charge in [-0.25, -0.2) is 4.79 Å². The minimum atomic E-state index is -0.423. The number of rotatable bonds is 4. The number of aryl methyl sites for hydroxylation is 3. The Hall–Kier alpha value is -2.83. The summed E-state index contributed by atoms with van der Waals surface area (Å²) in [4.78, 5) is 24.3. The predicted molar refractivity (Wildman–Crippen MR) is 92.4 cm³/mol. The SMILES string of the molecule is Cc1ccc2oc(=O)n(CCC(=O)N[C@@H]3CCc4cn[nH]c4C3)c2c1. The first-order chi connectivity index (χ1) is 12.1. The van der Waals surface area contributed by atoms with E-state index in [0.29, 0.717) is 12.1 Å². The van der Waals surface area contributed by atoms with Gasteiger partial charge in [0.05, 0.1) is 11.7 Å². The number of fused-ring (bicyclic) bond motifs is 2. The third-order valence-corrected chi connectivity index (χ3v) is 4.77. The van der Waals surface area contributed by atoms with Gasteiger partial charge in [0.25, 0.3) is 0 Å². The second-order valence-electron chi connectivity index (χ2n) is 6.62. The summed E-state index contributed by atoms with van der Waals surface area (Å²) in [7, 11) is 0. The summed E-state index contributed by atoms with van der Waals surface area (Å²) in [6, 6.07) is 5.70. The number of nitrogens with one attached hydrogen (secondary N) is 2. The normalized spacial score (nSPS) is 16.8. The molecule has 1 aromatic carbocycles. The van der Waals surface area contributed by atoms with Crippen molar-refractivity contribution >= 4 is 17.0 Å². The zero-order valence-corrected chi connectivity index (χ0v) is 14.0. The average molecular weight is 340 g/mol. The number of hydrogen-bond acceptors (Lipinski definition) is 4. The van der Waals surface area contributed by atoms with E-state index in [9.17, 15) is 9.59 Å². The topological polar surface area (TPSA) is 92.9 Å². The van der Waals surface area contributed by atoms with E-state index in [1.54, 1.807) is 6.07 Å². The zero-order chi connectivity index (χ0) is 17.4. The molecular formula is C18H20N4O3. The summed E-state index contributed by atoms with van der Waals surface area (Å²) < 4.78 is 6.75. The molecular weight excluding hydrogens is 320 g/mol. The van der Waals surface area contributed by atoms with E-state index in [2.05, 4.69) is 15.5 Å². The number of aromatic nitrogens is 3. The van der Waals surface area contributed by atoms with Gasteiger partial charge in [0.1, 0.15) is 0 Å². The highest BCUT2D eigenvalue weighted by molar-refractivity contribution is 5.77. The highest BCUT2D eigenvalue weighted by atomic mass is 16.4. The van der Waals surface area contributed by atoms with Gasteiger partial charge in [0, 0.05) is 31.1 Å². The molecule has 0 fully saturated rings. The van der Waals surface area contributed by atoms with Crippen LogP contribution in [0.3, 0.4) is 0 Å².